The molecule has 7 nitrogen and oxygen atoms in total. The van der Waals surface area contributed by atoms with Crippen LogP contribution in [0.25, 0.3) is 17.1 Å². The van der Waals surface area contributed by atoms with Gasteiger partial charge in [-0.1, -0.05) is 16.8 Å². The number of nitrogens with zero attached hydrogens (tertiary/aromatic N) is 3. The van der Waals surface area contributed by atoms with Crippen LogP contribution in [0, 0.1) is 6.92 Å². The Morgan fingerprint density at radius 3 is 2.65 bits per heavy atom. The maximum Gasteiger partial charge on any atom is 0.277 e. The van der Waals surface area contributed by atoms with Crippen LogP contribution in [0.1, 0.15) is 16.2 Å². The lowest BCUT2D eigenvalue weighted by molar-refractivity contribution is 0.102. The van der Waals surface area contributed by atoms with Crippen molar-refractivity contribution in [2.45, 2.75) is 6.92 Å². The SMILES string of the molecule is Cc1cc(NC(=O)c2cc(-c3ccco3)n(-c3ccc(Cl)cc3)n2)no1. The molecule has 0 saturated heterocycles. The zero-order valence-corrected chi connectivity index (χ0v) is 14.4. The molecular formula is C18H13ClN4O3. The van der Waals surface area contributed by atoms with Crippen LogP contribution >= 0.6 is 11.6 Å². The fraction of sp³-hybridized carbons (Fsp3) is 0.0556. The van der Waals surface area contributed by atoms with Gasteiger partial charge in [-0.15, -0.1) is 0 Å². The number of anilines is 1. The molecule has 0 fully saturated rings. The summed E-state index contributed by atoms with van der Waals surface area (Å²) in [6.45, 7) is 1.74. The van der Waals surface area contributed by atoms with E-state index in [1.807, 2.05) is 12.1 Å². The van der Waals surface area contributed by atoms with Crippen LogP contribution in [-0.2, 0) is 0 Å². The number of carbonyl (C=O) groups is 1. The van der Waals surface area contributed by atoms with Gasteiger partial charge in [0.1, 0.15) is 11.5 Å². The van der Waals surface area contributed by atoms with Crippen LogP contribution < -0.4 is 5.32 Å². The summed E-state index contributed by atoms with van der Waals surface area (Å²) in [5, 5.41) is 11.4. The van der Waals surface area contributed by atoms with Crippen LogP contribution in [-0.4, -0.2) is 20.8 Å². The minimum absolute atomic E-state index is 0.215. The third-order valence-electron chi connectivity index (χ3n) is 3.66. The summed E-state index contributed by atoms with van der Waals surface area (Å²) in [6.07, 6.45) is 1.56. The molecule has 4 aromatic rings. The molecule has 4 rings (SSSR count). The Balaban J connectivity index is 1.73. The second kappa shape index (κ2) is 6.53. The predicted octanol–water partition coefficient (Wildman–Crippen LogP) is 4.33. The molecular weight excluding hydrogens is 356 g/mol. The Hall–Kier alpha value is -3.32. The second-order valence-corrected chi connectivity index (χ2v) is 5.99. The molecule has 130 valence electrons. The van der Waals surface area contributed by atoms with Gasteiger partial charge in [0.2, 0.25) is 0 Å². The summed E-state index contributed by atoms with van der Waals surface area (Å²) in [5.41, 5.74) is 1.60. The summed E-state index contributed by atoms with van der Waals surface area (Å²) in [7, 11) is 0. The highest BCUT2D eigenvalue weighted by atomic mass is 35.5. The van der Waals surface area contributed by atoms with Crippen molar-refractivity contribution < 1.29 is 13.7 Å². The number of hydrogen-bond acceptors (Lipinski definition) is 5. The van der Waals surface area contributed by atoms with Crippen LogP contribution in [0.15, 0.2) is 63.7 Å². The van der Waals surface area contributed by atoms with Crippen molar-refractivity contribution in [2.24, 2.45) is 0 Å². The molecule has 0 radical (unpaired) electrons. The highest BCUT2D eigenvalue weighted by Crippen LogP contribution is 2.25. The Kier molecular flexibility index (Phi) is 4.06. The maximum absolute atomic E-state index is 12.5. The lowest BCUT2D eigenvalue weighted by Crippen LogP contribution is -2.13. The highest BCUT2D eigenvalue weighted by molar-refractivity contribution is 6.30. The molecule has 0 saturated carbocycles. The zero-order chi connectivity index (χ0) is 18.1. The van der Waals surface area contributed by atoms with Crippen molar-refractivity contribution >= 4 is 23.3 Å². The van der Waals surface area contributed by atoms with Gasteiger partial charge in [0.15, 0.2) is 17.3 Å². The monoisotopic (exact) mass is 368 g/mol. The molecule has 0 aliphatic rings. The summed E-state index contributed by atoms with van der Waals surface area (Å²) in [5.74, 6) is 1.11. The van der Waals surface area contributed by atoms with E-state index in [1.54, 1.807) is 54.3 Å². The van der Waals surface area contributed by atoms with E-state index in [1.165, 1.54) is 0 Å². The van der Waals surface area contributed by atoms with Gasteiger partial charge in [0.25, 0.3) is 5.91 Å². The standard InChI is InChI=1S/C18H13ClN4O3/c1-11-9-17(22-26-11)20-18(24)14-10-15(16-3-2-8-25-16)23(21-14)13-6-4-12(19)5-7-13/h2-10H,1H3,(H,20,22,24). The van der Waals surface area contributed by atoms with Gasteiger partial charge in [-0.3, -0.25) is 4.79 Å². The molecule has 0 aliphatic carbocycles. The quantitative estimate of drug-likeness (QED) is 0.579. The number of furan rings is 1. The van der Waals surface area contributed by atoms with Crippen molar-refractivity contribution in [2.75, 3.05) is 5.32 Å². The number of rotatable bonds is 4. The Morgan fingerprint density at radius 1 is 1.19 bits per heavy atom. The van der Waals surface area contributed by atoms with E-state index in [0.29, 0.717) is 28.1 Å². The summed E-state index contributed by atoms with van der Waals surface area (Å²) in [6, 6.07) is 14.0. The van der Waals surface area contributed by atoms with Gasteiger partial charge >= 0.3 is 0 Å². The highest BCUT2D eigenvalue weighted by Gasteiger charge is 2.19. The first-order valence-corrected chi connectivity index (χ1v) is 8.12. The molecule has 1 aromatic carbocycles. The Labute approximate surface area is 153 Å². The number of hydrogen-bond donors (Lipinski definition) is 1. The zero-order valence-electron chi connectivity index (χ0n) is 13.6. The van der Waals surface area contributed by atoms with Gasteiger partial charge in [-0.2, -0.15) is 5.10 Å². The topological polar surface area (TPSA) is 86.1 Å². The molecule has 0 bridgehead atoms. The van der Waals surface area contributed by atoms with Gasteiger partial charge in [-0.25, -0.2) is 4.68 Å². The Morgan fingerprint density at radius 2 is 2.00 bits per heavy atom. The van der Waals surface area contributed by atoms with Crippen LogP contribution in [0.3, 0.4) is 0 Å². The number of benzene rings is 1. The van der Waals surface area contributed by atoms with Gasteiger partial charge in [0, 0.05) is 17.2 Å². The van der Waals surface area contributed by atoms with E-state index in [2.05, 4.69) is 15.6 Å². The first kappa shape index (κ1) is 16.2. The molecule has 26 heavy (non-hydrogen) atoms. The molecule has 0 aliphatic heterocycles. The van der Waals surface area contributed by atoms with Crippen LogP contribution in [0.2, 0.25) is 5.02 Å². The first-order chi connectivity index (χ1) is 12.6. The van der Waals surface area contributed by atoms with E-state index < -0.39 is 5.91 Å². The van der Waals surface area contributed by atoms with Crippen molar-refractivity contribution in [3.63, 3.8) is 0 Å². The summed E-state index contributed by atoms with van der Waals surface area (Å²) >= 11 is 5.96. The normalized spacial score (nSPS) is 10.8. The van der Waals surface area contributed by atoms with E-state index >= 15 is 0 Å². The largest absolute Gasteiger partial charge is 0.463 e. The molecule has 1 N–H and O–H groups in total. The first-order valence-electron chi connectivity index (χ1n) is 7.75. The second-order valence-electron chi connectivity index (χ2n) is 5.56. The number of amides is 1. The number of aromatic nitrogens is 3. The van der Waals surface area contributed by atoms with Gasteiger partial charge in [0.05, 0.1) is 12.0 Å². The summed E-state index contributed by atoms with van der Waals surface area (Å²) < 4.78 is 12.0. The number of carbonyl (C=O) groups excluding carboxylic acids is 1. The molecule has 3 heterocycles. The number of aryl methyl sites for hydroxylation is 1. The third kappa shape index (κ3) is 3.12. The fourth-order valence-electron chi connectivity index (χ4n) is 2.48. The molecule has 0 unspecified atom stereocenters. The van der Waals surface area contributed by atoms with Crippen LogP contribution in [0.4, 0.5) is 5.82 Å². The van der Waals surface area contributed by atoms with E-state index in [0.717, 1.165) is 5.69 Å². The minimum Gasteiger partial charge on any atom is -0.463 e. The van der Waals surface area contributed by atoms with Crippen molar-refractivity contribution in [1.82, 2.24) is 14.9 Å². The fourth-order valence-corrected chi connectivity index (χ4v) is 2.60. The average Bonchev–Trinajstić information content (AvgIpc) is 3.35. The minimum atomic E-state index is -0.404. The average molecular weight is 369 g/mol. The maximum atomic E-state index is 12.5. The smallest absolute Gasteiger partial charge is 0.277 e. The number of halogens is 1. The summed E-state index contributed by atoms with van der Waals surface area (Å²) in [4.78, 5) is 12.5. The predicted molar refractivity (Wildman–Crippen MR) is 95.5 cm³/mol. The van der Waals surface area contributed by atoms with Crippen LogP contribution in [0.5, 0.6) is 0 Å². The van der Waals surface area contributed by atoms with E-state index in [-0.39, 0.29) is 5.69 Å². The molecule has 1 amide bonds. The molecule has 0 atom stereocenters. The van der Waals surface area contributed by atoms with E-state index in [4.69, 9.17) is 20.5 Å². The Bertz CT molecular complexity index is 1050. The third-order valence-corrected chi connectivity index (χ3v) is 3.91. The van der Waals surface area contributed by atoms with Crippen molar-refractivity contribution in [3.8, 4) is 17.1 Å². The lowest BCUT2D eigenvalue weighted by atomic mass is 10.2. The van der Waals surface area contributed by atoms with Gasteiger partial charge in [-0.05, 0) is 43.3 Å². The molecule has 8 heteroatoms. The molecule has 0 spiro atoms. The lowest BCUT2D eigenvalue weighted by Gasteiger charge is -2.05. The van der Waals surface area contributed by atoms with Gasteiger partial charge < -0.3 is 14.3 Å². The molecule has 3 aromatic heterocycles. The van der Waals surface area contributed by atoms with Crippen molar-refractivity contribution in [1.29, 1.82) is 0 Å². The van der Waals surface area contributed by atoms with E-state index in [9.17, 15) is 4.79 Å². The van der Waals surface area contributed by atoms with Crippen molar-refractivity contribution in [3.05, 3.63) is 71.3 Å². The number of nitrogens with one attached hydrogen (secondary N) is 1.